The predicted octanol–water partition coefficient (Wildman–Crippen LogP) is 1.79. The van der Waals surface area contributed by atoms with Gasteiger partial charge in [0.15, 0.2) is 0 Å². The third-order valence-corrected chi connectivity index (χ3v) is 3.17. The number of halogens is 1. The van der Waals surface area contributed by atoms with Crippen LogP contribution >= 0.6 is 0 Å². The zero-order valence-electron chi connectivity index (χ0n) is 10.5. The van der Waals surface area contributed by atoms with E-state index in [1.165, 1.54) is 12.1 Å². The van der Waals surface area contributed by atoms with Gasteiger partial charge in [-0.05, 0) is 31.5 Å². The molecule has 4 nitrogen and oxygen atoms in total. The molecule has 1 unspecified atom stereocenters. The first kappa shape index (κ1) is 12.8. The van der Waals surface area contributed by atoms with Crippen LogP contribution < -0.4 is 5.73 Å². The Morgan fingerprint density at radius 3 is 2.67 bits per heavy atom. The van der Waals surface area contributed by atoms with Gasteiger partial charge in [-0.15, -0.1) is 0 Å². The molecule has 0 saturated carbocycles. The zero-order chi connectivity index (χ0) is 13.2. The van der Waals surface area contributed by atoms with Crippen LogP contribution in [0.15, 0.2) is 29.3 Å². The zero-order valence-corrected chi connectivity index (χ0v) is 10.5. The Hall–Kier alpha value is -1.62. The van der Waals surface area contributed by atoms with Crippen LogP contribution in [0.5, 0.6) is 0 Å². The number of benzene rings is 1. The van der Waals surface area contributed by atoms with Gasteiger partial charge in [0.05, 0.1) is 0 Å². The lowest BCUT2D eigenvalue weighted by atomic mass is 9.88. The molecule has 0 fully saturated rings. The summed E-state index contributed by atoms with van der Waals surface area (Å²) in [5.74, 6) is -0.275. The van der Waals surface area contributed by atoms with E-state index >= 15 is 0 Å². The van der Waals surface area contributed by atoms with Crippen LogP contribution in [0.3, 0.4) is 0 Å². The van der Waals surface area contributed by atoms with Gasteiger partial charge in [-0.3, -0.25) is 0 Å². The van der Waals surface area contributed by atoms with Crippen LogP contribution in [0.2, 0.25) is 0 Å². The fourth-order valence-electron chi connectivity index (χ4n) is 2.13. The molecule has 0 aromatic heterocycles. The van der Waals surface area contributed by atoms with Gasteiger partial charge < -0.3 is 15.2 Å². The number of hydrogen-bond acceptors (Lipinski definition) is 4. The van der Waals surface area contributed by atoms with Crippen LogP contribution in [-0.2, 0) is 15.1 Å². The monoisotopic (exact) mass is 252 g/mol. The van der Waals surface area contributed by atoms with Crippen LogP contribution in [0.1, 0.15) is 19.4 Å². The highest BCUT2D eigenvalue weighted by molar-refractivity contribution is 5.73. The van der Waals surface area contributed by atoms with Gasteiger partial charge in [-0.2, -0.15) is 0 Å². The molecule has 1 aromatic rings. The summed E-state index contributed by atoms with van der Waals surface area (Å²) in [5, 5.41) is 0. The summed E-state index contributed by atoms with van der Waals surface area (Å²) in [6.45, 7) is 4.73. The van der Waals surface area contributed by atoms with Crippen LogP contribution in [0.4, 0.5) is 4.39 Å². The first-order chi connectivity index (χ1) is 8.56. The Kier molecular flexibility index (Phi) is 3.52. The maximum absolute atomic E-state index is 13.0. The highest BCUT2D eigenvalue weighted by Crippen LogP contribution is 2.33. The van der Waals surface area contributed by atoms with Crippen molar-refractivity contribution < 1.29 is 13.9 Å². The van der Waals surface area contributed by atoms with E-state index in [0.717, 1.165) is 5.56 Å². The third kappa shape index (κ3) is 2.31. The van der Waals surface area contributed by atoms with Crippen molar-refractivity contribution in [2.45, 2.75) is 25.5 Å². The number of ether oxygens (including phenoxy) is 2. The fourth-order valence-corrected chi connectivity index (χ4v) is 2.13. The summed E-state index contributed by atoms with van der Waals surface area (Å²) in [4.78, 5) is 4.23. The molecule has 1 aromatic carbocycles. The molecule has 2 N–H and O–H groups in total. The number of rotatable bonds is 4. The van der Waals surface area contributed by atoms with Gasteiger partial charge in [-0.1, -0.05) is 12.1 Å². The molecular formula is C13H17FN2O2. The lowest BCUT2D eigenvalue weighted by Gasteiger charge is -2.33. The van der Waals surface area contributed by atoms with E-state index in [4.69, 9.17) is 15.2 Å². The van der Waals surface area contributed by atoms with E-state index in [9.17, 15) is 4.39 Å². The summed E-state index contributed by atoms with van der Waals surface area (Å²) in [7, 11) is 0. The van der Waals surface area contributed by atoms with Crippen LogP contribution in [0.25, 0.3) is 0 Å². The van der Waals surface area contributed by atoms with Crippen molar-refractivity contribution in [1.29, 1.82) is 0 Å². The summed E-state index contributed by atoms with van der Waals surface area (Å²) in [6.07, 6.45) is 0. The normalized spacial score (nSPS) is 22.2. The molecule has 1 heterocycles. The standard InChI is InChI=1S/C13H17FN2O2/c1-3-18-13(2,11-8-17-12(15)16-11)9-4-6-10(14)7-5-9/h4-7,11H,3,8H2,1-2H3,(H2,15,16)/t11-,13?/m0/s1. The Morgan fingerprint density at radius 2 is 2.17 bits per heavy atom. The second kappa shape index (κ2) is 4.94. The van der Waals surface area contributed by atoms with Gasteiger partial charge >= 0.3 is 0 Å². The Morgan fingerprint density at radius 1 is 1.50 bits per heavy atom. The summed E-state index contributed by atoms with van der Waals surface area (Å²) in [5.41, 5.74) is 5.73. The quantitative estimate of drug-likeness (QED) is 0.888. The molecule has 0 aliphatic carbocycles. The second-order valence-corrected chi connectivity index (χ2v) is 4.34. The minimum atomic E-state index is -0.663. The van der Waals surface area contributed by atoms with Crippen molar-refractivity contribution in [3.8, 4) is 0 Å². The van der Waals surface area contributed by atoms with E-state index in [1.54, 1.807) is 12.1 Å². The van der Waals surface area contributed by atoms with Crippen molar-refractivity contribution in [1.82, 2.24) is 0 Å². The third-order valence-electron chi connectivity index (χ3n) is 3.17. The number of aliphatic imine (C=N–C) groups is 1. The average Bonchev–Trinajstić information content (AvgIpc) is 2.77. The molecule has 0 radical (unpaired) electrons. The van der Waals surface area contributed by atoms with Crippen molar-refractivity contribution in [3.63, 3.8) is 0 Å². The van der Waals surface area contributed by atoms with Crippen molar-refractivity contribution in [2.24, 2.45) is 10.7 Å². The maximum Gasteiger partial charge on any atom is 0.282 e. The lowest BCUT2D eigenvalue weighted by molar-refractivity contribution is -0.0523. The predicted molar refractivity (Wildman–Crippen MR) is 66.7 cm³/mol. The average molecular weight is 252 g/mol. The summed E-state index contributed by atoms with van der Waals surface area (Å²) in [6, 6.07) is 6.19. The maximum atomic E-state index is 13.0. The first-order valence-corrected chi connectivity index (χ1v) is 5.92. The Balaban J connectivity index is 2.34. The van der Waals surface area contributed by atoms with E-state index in [2.05, 4.69) is 4.99 Å². The van der Waals surface area contributed by atoms with Crippen molar-refractivity contribution >= 4 is 6.02 Å². The minimum absolute atomic E-state index is 0.174. The Bertz CT molecular complexity index is 447. The molecule has 98 valence electrons. The van der Waals surface area contributed by atoms with Crippen LogP contribution in [-0.4, -0.2) is 25.3 Å². The van der Waals surface area contributed by atoms with E-state index in [1.807, 2.05) is 13.8 Å². The van der Waals surface area contributed by atoms with Crippen LogP contribution in [0, 0.1) is 5.82 Å². The summed E-state index contributed by atoms with van der Waals surface area (Å²) >= 11 is 0. The first-order valence-electron chi connectivity index (χ1n) is 5.92. The number of amidine groups is 1. The fraction of sp³-hybridized carbons (Fsp3) is 0.462. The smallest absolute Gasteiger partial charge is 0.282 e. The van der Waals surface area contributed by atoms with Gasteiger partial charge in [0.25, 0.3) is 6.02 Å². The topological polar surface area (TPSA) is 56.8 Å². The lowest BCUT2D eigenvalue weighted by Crippen LogP contribution is -2.39. The van der Waals surface area contributed by atoms with Gasteiger partial charge in [0, 0.05) is 6.61 Å². The van der Waals surface area contributed by atoms with E-state index < -0.39 is 5.60 Å². The SMILES string of the molecule is CCOC(C)(c1ccc(F)cc1)[C@@H]1COC(N)=N1. The Labute approximate surface area is 106 Å². The molecule has 2 atom stereocenters. The van der Waals surface area contributed by atoms with Crippen molar-refractivity contribution in [3.05, 3.63) is 35.6 Å². The molecule has 1 aliphatic rings. The number of nitrogens with zero attached hydrogens (tertiary/aromatic N) is 1. The molecule has 0 bridgehead atoms. The molecule has 1 aliphatic heterocycles. The second-order valence-electron chi connectivity index (χ2n) is 4.34. The highest BCUT2D eigenvalue weighted by atomic mass is 19.1. The molecular weight excluding hydrogens is 235 g/mol. The van der Waals surface area contributed by atoms with Gasteiger partial charge in [-0.25, -0.2) is 9.38 Å². The van der Waals surface area contributed by atoms with E-state index in [0.29, 0.717) is 13.2 Å². The largest absolute Gasteiger partial charge is 0.463 e. The van der Waals surface area contributed by atoms with E-state index in [-0.39, 0.29) is 17.9 Å². The molecule has 0 saturated heterocycles. The summed E-state index contributed by atoms with van der Waals surface area (Å²) < 4.78 is 24.0. The molecule has 5 heteroatoms. The molecule has 0 amide bonds. The highest BCUT2D eigenvalue weighted by Gasteiger charge is 2.40. The molecule has 18 heavy (non-hydrogen) atoms. The molecule has 2 rings (SSSR count). The molecule has 0 spiro atoms. The van der Waals surface area contributed by atoms with Crippen molar-refractivity contribution in [2.75, 3.05) is 13.2 Å². The van der Waals surface area contributed by atoms with Gasteiger partial charge in [0.1, 0.15) is 24.1 Å². The van der Waals surface area contributed by atoms with Gasteiger partial charge in [0.2, 0.25) is 0 Å². The number of hydrogen-bond donors (Lipinski definition) is 1. The number of nitrogens with two attached hydrogens (primary N) is 1. The minimum Gasteiger partial charge on any atom is -0.463 e.